The van der Waals surface area contributed by atoms with Crippen LogP contribution in [0.2, 0.25) is 0 Å². The molecule has 1 fully saturated rings. The second-order valence-corrected chi connectivity index (χ2v) is 7.84. The fourth-order valence-electron chi connectivity index (χ4n) is 3.75. The molecule has 1 aliphatic rings. The quantitative estimate of drug-likeness (QED) is 0.637. The molecule has 1 aromatic carbocycles. The molecule has 166 valence electrons. The first-order valence-corrected chi connectivity index (χ1v) is 10.4. The van der Waals surface area contributed by atoms with Gasteiger partial charge in [0.15, 0.2) is 5.76 Å². The van der Waals surface area contributed by atoms with Crippen molar-refractivity contribution in [3.8, 4) is 5.69 Å². The summed E-state index contributed by atoms with van der Waals surface area (Å²) in [5.41, 5.74) is 3.17. The summed E-state index contributed by atoms with van der Waals surface area (Å²) in [6.07, 6.45) is 0. The van der Waals surface area contributed by atoms with Crippen LogP contribution in [0.4, 0.5) is 5.69 Å². The average molecular weight is 435 g/mol. The van der Waals surface area contributed by atoms with Crippen LogP contribution in [0.3, 0.4) is 0 Å². The lowest BCUT2D eigenvalue weighted by molar-refractivity contribution is -0.144. The monoisotopic (exact) mass is 435 g/mol. The fourth-order valence-corrected chi connectivity index (χ4v) is 3.75. The Labute approximate surface area is 185 Å². The molecule has 9 heteroatoms. The maximum Gasteiger partial charge on any atom is 0.313 e. The maximum atomic E-state index is 12.6. The van der Waals surface area contributed by atoms with Crippen LogP contribution in [0.25, 0.3) is 5.69 Å². The average Bonchev–Trinajstić information content (AvgIpc) is 3.37. The predicted octanol–water partition coefficient (Wildman–Crippen LogP) is 2.31. The number of hydrogen-bond acceptors (Lipinski definition) is 5. The maximum absolute atomic E-state index is 12.6. The molecular weight excluding hydrogens is 410 g/mol. The van der Waals surface area contributed by atoms with E-state index in [0.717, 1.165) is 17.1 Å². The number of rotatable bonds is 3. The molecule has 1 N–H and O–H groups in total. The molecule has 0 aliphatic carbocycles. The Kier molecular flexibility index (Phi) is 5.81. The van der Waals surface area contributed by atoms with Crippen LogP contribution in [-0.2, 0) is 9.59 Å². The minimum absolute atomic E-state index is 0.212. The third-order valence-corrected chi connectivity index (χ3v) is 5.36. The Balaban J connectivity index is 1.36. The highest BCUT2D eigenvalue weighted by Gasteiger charge is 2.29. The van der Waals surface area contributed by atoms with E-state index in [1.807, 2.05) is 26.0 Å². The van der Waals surface area contributed by atoms with E-state index in [2.05, 4.69) is 10.4 Å². The number of hydrogen-bond donors (Lipinski definition) is 1. The number of amides is 3. The molecule has 3 heterocycles. The number of anilines is 1. The number of nitrogens with zero attached hydrogens (tertiary/aromatic N) is 4. The first-order chi connectivity index (χ1) is 15.3. The number of furan rings is 1. The third-order valence-electron chi connectivity index (χ3n) is 5.36. The van der Waals surface area contributed by atoms with Gasteiger partial charge < -0.3 is 19.5 Å². The van der Waals surface area contributed by atoms with Gasteiger partial charge in [-0.05, 0) is 57.2 Å². The Bertz CT molecular complexity index is 1170. The zero-order chi connectivity index (χ0) is 22.8. The zero-order valence-electron chi connectivity index (χ0n) is 18.3. The zero-order valence-corrected chi connectivity index (χ0v) is 18.3. The Morgan fingerprint density at radius 2 is 1.66 bits per heavy atom. The lowest BCUT2D eigenvalue weighted by Gasteiger charge is -2.33. The number of carbonyl (C=O) groups is 3. The number of piperazine rings is 1. The third kappa shape index (κ3) is 4.41. The Morgan fingerprint density at radius 3 is 2.28 bits per heavy atom. The summed E-state index contributed by atoms with van der Waals surface area (Å²) in [6.45, 7) is 6.88. The highest BCUT2D eigenvalue weighted by molar-refractivity contribution is 6.39. The number of aryl methyl sites for hydroxylation is 3. The number of carbonyl (C=O) groups excluding carboxylic acids is 3. The molecule has 0 unspecified atom stereocenters. The molecule has 0 radical (unpaired) electrons. The van der Waals surface area contributed by atoms with E-state index in [9.17, 15) is 14.4 Å². The highest BCUT2D eigenvalue weighted by atomic mass is 16.3. The Morgan fingerprint density at radius 1 is 0.938 bits per heavy atom. The second kappa shape index (κ2) is 8.70. The minimum Gasteiger partial charge on any atom is -0.456 e. The van der Waals surface area contributed by atoms with Gasteiger partial charge in [-0.15, -0.1) is 0 Å². The van der Waals surface area contributed by atoms with Gasteiger partial charge in [0, 0.05) is 37.6 Å². The van der Waals surface area contributed by atoms with Crippen molar-refractivity contribution in [1.29, 1.82) is 0 Å². The van der Waals surface area contributed by atoms with Crippen molar-refractivity contribution < 1.29 is 18.8 Å². The van der Waals surface area contributed by atoms with E-state index >= 15 is 0 Å². The van der Waals surface area contributed by atoms with Crippen LogP contribution in [0, 0.1) is 20.8 Å². The van der Waals surface area contributed by atoms with Crippen molar-refractivity contribution in [2.24, 2.45) is 0 Å². The van der Waals surface area contributed by atoms with Crippen LogP contribution < -0.4 is 5.32 Å². The summed E-state index contributed by atoms with van der Waals surface area (Å²) in [5, 5.41) is 7.11. The molecule has 1 aliphatic heterocycles. The summed E-state index contributed by atoms with van der Waals surface area (Å²) in [4.78, 5) is 40.7. The molecule has 32 heavy (non-hydrogen) atoms. The highest BCUT2D eigenvalue weighted by Crippen LogP contribution is 2.17. The van der Waals surface area contributed by atoms with Crippen molar-refractivity contribution >= 4 is 23.4 Å². The van der Waals surface area contributed by atoms with E-state index < -0.39 is 11.8 Å². The number of aromatic nitrogens is 2. The molecule has 1 saturated heterocycles. The van der Waals surface area contributed by atoms with Crippen molar-refractivity contribution in [3.63, 3.8) is 0 Å². The molecule has 3 aromatic rings. The molecular formula is C23H25N5O4. The molecule has 9 nitrogen and oxygen atoms in total. The minimum atomic E-state index is -0.711. The first-order valence-electron chi connectivity index (χ1n) is 10.4. The summed E-state index contributed by atoms with van der Waals surface area (Å²) in [6, 6.07) is 12.5. The lowest BCUT2D eigenvalue weighted by atomic mass is 10.2. The van der Waals surface area contributed by atoms with Crippen LogP contribution in [0.5, 0.6) is 0 Å². The van der Waals surface area contributed by atoms with Crippen LogP contribution >= 0.6 is 0 Å². The van der Waals surface area contributed by atoms with Crippen LogP contribution in [-0.4, -0.2) is 63.5 Å². The first kappa shape index (κ1) is 21.4. The molecule has 0 bridgehead atoms. The fraction of sp³-hybridized carbons (Fsp3) is 0.304. The topological polar surface area (TPSA) is 101 Å². The van der Waals surface area contributed by atoms with Gasteiger partial charge in [-0.3, -0.25) is 14.4 Å². The van der Waals surface area contributed by atoms with Crippen molar-refractivity contribution in [1.82, 2.24) is 19.6 Å². The van der Waals surface area contributed by atoms with E-state index in [0.29, 0.717) is 24.5 Å². The van der Waals surface area contributed by atoms with Crippen LogP contribution in [0.1, 0.15) is 27.7 Å². The smallest absolute Gasteiger partial charge is 0.313 e. The SMILES string of the molecule is Cc1cc(C)n(-c2cccc(NC(=O)C(=O)N3CCN(C(=O)c4ccc(C)o4)CC3)c2)n1. The van der Waals surface area contributed by atoms with Gasteiger partial charge in [0.05, 0.1) is 11.4 Å². The normalized spacial score (nSPS) is 13.8. The number of nitrogens with one attached hydrogen (secondary N) is 1. The van der Waals surface area contributed by atoms with Gasteiger partial charge in [-0.25, -0.2) is 4.68 Å². The van der Waals surface area contributed by atoms with E-state index in [1.165, 1.54) is 4.90 Å². The summed E-state index contributed by atoms with van der Waals surface area (Å²) >= 11 is 0. The molecule has 0 saturated carbocycles. The largest absolute Gasteiger partial charge is 0.456 e. The predicted molar refractivity (Wildman–Crippen MR) is 118 cm³/mol. The lowest BCUT2D eigenvalue weighted by Crippen LogP contribution is -2.52. The van der Waals surface area contributed by atoms with Crippen molar-refractivity contribution in [2.45, 2.75) is 20.8 Å². The van der Waals surface area contributed by atoms with Gasteiger partial charge in [0.2, 0.25) is 0 Å². The number of benzene rings is 1. The van der Waals surface area contributed by atoms with Gasteiger partial charge in [0.25, 0.3) is 5.91 Å². The second-order valence-electron chi connectivity index (χ2n) is 7.84. The van der Waals surface area contributed by atoms with Crippen molar-refractivity contribution in [2.75, 3.05) is 31.5 Å². The molecule has 4 rings (SSSR count). The molecule has 0 spiro atoms. The molecule has 3 amide bonds. The van der Waals surface area contributed by atoms with E-state index in [4.69, 9.17) is 4.42 Å². The van der Waals surface area contributed by atoms with Gasteiger partial charge in [-0.1, -0.05) is 6.07 Å². The van der Waals surface area contributed by atoms with Crippen LogP contribution in [0.15, 0.2) is 46.9 Å². The van der Waals surface area contributed by atoms with E-state index in [-0.39, 0.29) is 24.8 Å². The summed E-state index contributed by atoms with van der Waals surface area (Å²) in [7, 11) is 0. The van der Waals surface area contributed by atoms with Gasteiger partial charge in [0.1, 0.15) is 5.76 Å². The summed E-state index contributed by atoms with van der Waals surface area (Å²) < 4.78 is 7.17. The molecule has 2 aromatic heterocycles. The van der Waals surface area contributed by atoms with Gasteiger partial charge >= 0.3 is 11.8 Å². The standard InChI is InChI=1S/C23H25N5O4/c1-15-13-16(2)28(25-15)19-6-4-5-18(14-19)24-21(29)23(31)27-11-9-26(10-12-27)22(30)20-8-7-17(3)32-20/h4-8,13-14H,9-12H2,1-3H3,(H,24,29). The Hall–Kier alpha value is -3.88. The van der Waals surface area contributed by atoms with Gasteiger partial charge in [-0.2, -0.15) is 5.10 Å². The molecule has 0 atom stereocenters. The van der Waals surface area contributed by atoms with Crippen molar-refractivity contribution in [3.05, 3.63) is 65.4 Å². The van der Waals surface area contributed by atoms with E-state index in [1.54, 1.807) is 46.8 Å². The summed E-state index contributed by atoms with van der Waals surface area (Å²) in [5.74, 6) is -0.599.